The zero-order valence-corrected chi connectivity index (χ0v) is 35.9. The first kappa shape index (κ1) is 40.8. The first-order chi connectivity index (χ1) is 30.5. The molecule has 14 nitrogen and oxygen atoms in total. The third kappa shape index (κ3) is 8.23. The number of carbonyl (C=O) groups excluding carboxylic acids is 1. The molecule has 322 valence electrons. The summed E-state index contributed by atoms with van der Waals surface area (Å²) in [5.41, 5.74) is 7.17. The van der Waals surface area contributed by atoms with Crippen LogP contribution in [-0.2, 0) is 10.0 Å². The van der Waals surface area contributed by atoms with Gasteiger partial charge in [0.25, 0.3) is 21.6 Å². The summed E-state index contributed by atoms with van der Waals surface area (Å²) in [5, 5.41) is 16.9. The Morgan fingerprint density at radius 2 is 1.78 bits per heavy atom. The van der Waals surface area contributed by atoms with Crippen molar-refractivity contribution in [3.8, 4) is 11.5 Å². The van der Waals surface area contributed by atoms with Gasteiger partial charge in [0.1, 0.15) is 23.2 Å². The van der Waals surface area contributed by atoms with Crippen LogP contribution in [0.4, 0.5) is 5.69 Å². The average molecular weight is 885 g/mol. The van der Waals surface area contributed by atoms with Crippen molar-refractivity contribution in [2.45, 2.75) is 44.6 Å². The van der Waals surface area contributed by atoms with Crippen LogP contribution in [0.25, 0.3) is 22.3 Å². The maximum absolute atomic E-state index is 14.1. The largest absolute Gasteiger partial charge is 0.455 e. The second kappa shape index (κ2) is 16.4. The summed E-state index contributed by atoms with van der Waals surface area (Å²) >= 11 is 6.28. The summed E-state index contributed by atoms with van der Waals surface area (Å²) in [6.07, 6.45) is 18.1. The van der Waals surface area contributed by atoms with Gasteiger partial charge in [0.05, 0.1) is 21.6 Å². The Morgan fingerprint density at radius 1 is 0.984 bits per heavy atom. The SMILES string of the molecule is O=C(NS(=O)(=O)C1=CC2C=C(c3ccncc3)NC2C([N+](=O)[O-])=C1)c1ccc(N2CCN(CC3=C(c4ccc(Cl)cc4)CC4(CCC4)CC3)CC2)cc1Oc1cnc2[nH]ccc2c1. The summed E-state index contributed by atoms with van der Waals surface area (Å²) in [4.78, 5) is 41.6. The van der Waals surface area contributed by atoms with E-state index in [4.69, 9.17) is 16.3 Å². The van der Waals surface area contributed by atoms with E-state index in [1.54, 1.807) is 61.1 Å². The number of benzene rings is 2. The number of aromatic amines is 1. The molecule has 1 amide bonds. The van der Waals surface area contributed by atoms with Crippen LogP contribution in [-0.4, -0.2) is 77.9 Å². The van der Waals surface area contributed by atoms with Gasteiger partial charge in [-0.3, -0.25) is 24.8 Å². The fourth-order valence-electron chi connectivity index (χ4n) is 9.68. The topological polar surface area (TPSA) is 176 Å². The predicted molar refractivity (Wildman–Crippen MR) is 242 cm³/mol. The molecule has 1 saturated heterocycles. The number of carbonyl (C=O) groups is 1. The highest BCUT2D eigenvalue weighted by Gasteiger charge is 2.42. The number of nitro groups is 1. The molecule has 3 aromatic heterocycles. The molecular weight excluding hydrogens is 840 g/mol. The number of H-pyrrole nitrogens is 1. The van der Waals surface area contributed by atoms with Crippen molar-refractivity contribution in [1.29, 1.82) is 0 Å². The smallest absolute Gasteiger partial charge is 0.270 e. The zero-order valence-electron chi connectivity index (χ0n) is 34.3. The van der Waals surface area contributed by atoms with Crippen molar-refractivity contribution in [3.63, 3.8) is 0 Å². The van der Waals surface area contributed by atoms with Gasteiger partial charge in [-0.2, -0.15) is 0 Å². The van der Waals surface area contributed by atoms with Crippen LogP contribution < -0.4 is 19.7 Å². The molecule has 10 rings (SSSR count). The number of amides is 1. The molecule has 0 bridgehead atoms. The van der Waals surface area contributed by atoms with E-state index in [9.17, 15) is 23.3 Å². The normalized spacial score (nSPS) is 20.9. The van der Waals surface area contributed by atoms with Gasteiger partial charge < -0.3 is 19.9 Å². The molecule has 2 fully saturated rings. The molecule has 2 aliphatic heterocycles. The molecule has 5 aliphatic rings. The summed E-state index contributed by atoms with van der Waals surface area (Å²) in [7, 11) is -4.59. The summed E-state index contributed by atoms with van der Waals surface area (Å²) < 4.78 is 36.4. The van der Waals surface area contributed by atoms with E-state index in [1.165, 1.54) is 54.7 Å². The highest BCUT2D eigenvalue weighted by atomic mass is 35.5. The zero-order chi connectivity index (χ0) is 43.3. The number of allylic oxidation sites excluding steroid dienone is 2. The molecular formula is C47H45ClN8O6S. The van der Waals surface area contributed by atoms with Crippen LogP contribution in [0.5, 0.6) is 11.5 Å². The minimum Gasteiger partial charge on any atom is -0.455 e. The van der Waals surface area contributed by atoms with Gasteiger partial charge >= 0.3 is 0 Å². The lowest BCUT2D eigenvalue weighted by molar-refractivity contribution is -0.430. The second-order valence-corrected chi connectivity index (χ2v) is 19.2. The Morgan fingerprint density at radius 3 is 2.52 bits per heavy atom. The van der Waals surface area contributed by atoms with E-state index in [0.29, 0.717) is 22.5 Å². The van der Waals surface area contributed by atoms with Crippen LogP contribution in [0.2, 0.25) is 5.02 Å². The quantitative estimate of drug-likeness (QED) is 0.0864. The first-order valence-electron chi connectivity index (χ1n) is 21.2. The third-order valence-electron chi connectivity index (χ3n) is 13.3. The second-order valence-electron chi connectivity index (χ2n) is 17.1. The number of nitrogens with one attached hydrogen (secondary N) is 3. The Bertz CT molecular complexity index is 2860. The van der Waals surface area contributed by atoms with E-state index in [-0.39, 0.29) is 21.9 Å². The molecule has 3 N–H and O–H groups in total. The van der Waals surface area contributed by atoms with Crippen molar-refractivity contribution in [2.75, 3.05) is 37.6 Å². The number of fused-ring (bicyclic) bond motifs is 2. The standard InChI is InChI=1S/C47H45ClN8O6S/c48-35-4-2-30(3-5-35)40-27-47(12-1-13-47)14-8-33(40)29-54-18-20-55(21-19-54)36-6-7-39(43(25-36)62-37-22-32-11-17-50-45(32)51-28-37)46(57)53-63(60,61)38-23-34-24-41(31-9-15-49-16-10-31)52-44(34)42(26-38)56(58)59/h2-7,9-11,15-17,22-26,28,34,44,52H,1,8,12-14,18-21,27,29H2,(H,50,51)(H,53,57). The van der Waals surface area contributed by atoms with Gasteiger partial charge in [-0.15, -0.1) is 0 Å². The van der Waals surface area contributed by atoms with Gasteiger partial charge in [-0.1, -0.05) is 47.9 Å². The minimum absolute atomic E-state index is 0.0338. The van der Waals surface area contributed by atoms with Crippen molar-refractivity contribution in [1.82, 2.24) is 29.9 Å². The van der Waals surface area contributed by atoms with Gasteiger partial charge in [0.15, 0.2) is 0 Å². The summed E-state index contributed by atoms with van der Waals surface area (Å²) in [6, 6.07) is 19.7. The van der Waals surface area contributed by atoms with Crippen molar-refractivity contribution >= 4 is 55.5 Å². The number of halogens is 1. The van der Waals surface area contributed by atoms with Gasteiger partial charge in [-0.25, -0.2) is 18.1 Å². The minimum atomic E-state index is -4.59. The fraction of sp³-hybridized carbons (Fsp3) is 0.298. The number of ether oxygens (including phenoxy) is 1. The Hall–Kier alpha value is -6.29. The predicted octanol–water partition coefficient (Wildman–Crippen LogP) is 8.08. The molecule has 3 aliphatic carbocycles. The highest BCUT2D eigenvalue weighted by Crippen LogP contribution is 2.55. The van der Waals surface area contributed by atoms with Crippen molar-refractivity contribution in [3.05, 3.63) is 158 Å². The van der Waals surface area contributed by atoms with E-state index >= 15 is 0 Å². The lowest BCUT2D eigenvalue weighted by Crippen LogP contribution is -2.47. The first-order valence-corrected chi connectivity index (χ1v) is 23.1. The lowest BCUT2D eigenvalue weighted by atomic mass is 9.59. The number of hydrogen-bond donors (Lipinski definition) is 3. The van der Waals surface area contributed by atoms with E-state index in [2.05, 4.69) is 46.9 Å². The highest BCUT2D eigenvalue weighted by molar-refractivity contribution is 7.94. The van der Waals surface area contributed by atoms with Gasteiger partial charge in [-0.05, 0) is 97.2 Å². The van der Waals surface area contributed by atoms with Crippen molar-refractivity contribution < 1.29 is 22.9 Å². The van der Waals surface area contributed by atoms with Crippen LogP contribution >= 0.6 is 11.6 Å². The molecule has 1 spiro atoms. The number of sulfonamides is 1. The summed E-state index contributed by atoms with van der Waals surface area (Å²) in [6.45, 7) is 4.04. The average Bonchev–Trinajstić information content (AvgIpc) is 3.94. The van der Waals surface area contributed by atoms with Crippen LogP contribution in [0, 0.1) is 21.4 Å². The van der Waals surface area contributed by atoms with Gasteiger partial charge in [0.2, 0.25) is 0 Å². The number of nitrogens with zero attached hydrogens (tertiary/aromatic N) is 5. The monoisotopic (exact) mass is 884 g/mol. The van der Waals surface area contributed by atoms with Crippen LogP contribution in [0.1, 0.15) is 60.0 Å². The van der Waals surface area contributed by atoms with Gasteiger partial charge in [0, 0.05) is 96.7 Å². The number of hydrogen-bond acceptors (Lipinski definition) is 11. The molecule has 5 aromatic rings. The van der Waals surface area contributed by atoms with Crippen LogP contribution in [0.15, 0.2) is 126 Å². The number of aromatic nitrogens is 3. The molecule has 5 heterocycles. The molecule has 2 unspecified atom stereocenters. The van der Waals surface area contributed by atoms with E-state index in [0.717, 1.165) is 73.3 Å². The fourth-order valence-corrected chi connectivity index (χ4v) is 10.9. The maximum atomic E-state index is 14.1. The molecule has 2 atom stereocenters. The molecule has 1 saturated carbocycles. The van der Waals surface area contributed by atoms with E-state index < -0.39 is 32.8 Å². The van der Waals surface area contributed by atoms with Crippen molar-refractivity contribution in [2.24, 2.45) is 11.3 Å². The Kier molecular flexibility index (Phi) is 10.6. The van der Waals surface area contributed by atoms with Crippen LogP contribution in [0.3, 0.4) is 0 Å². The molecule has 16 heteroatoms. The molecule has 0 radical (unpaired) electrons. The summed E-state index contributed by atoms with van der Waals surface area (Å²) in [5.74, 6) is -1.13. The molecule has 63 heavy (non-hydrogen) atoms. The number of anilines is 1. The lowest BCUT2D eigenvalue weighted by Gasteiger charge is -2.47. The Labute approximate surface area is 369 Å². The Balaban J connectivity index is 0.890. The molecule has 2 aromatic carbocycles. The maximum Gasteiger partial charge on any atom is 0.270 e. The third-order valence-corrected chi connectivity index (χ3v) is 14.8. The number of rotatable bonds is 11. The van der Waals surface area contributed by atoms with E-state index in [1.807, 2.05) is 18.2 Å². The number of pyridine rings is 2. The number of piperazine rings is 1.